The fraction of sp³-hybridized carbons (Fsp3) is 0.333. The summed E-state index contributed by atoms with van der Waals surface area (Å²) in [6.07, 6.45) is -0.226. The Labute approximate surface area is 207 Å². The maximum Gasteiger partial charge on any atom is 0.343 e. The molecule has 0 aliphatic carbocycles. The highest BCUT2D eigenvalue weighted by Gasteiger charge is 2.45. The van der Waals surface area contributed by atoms with Crippen molar-refractivity contribution < 1.29 is 33.3 Å². The van der Waals surface area contributed by atoms with Crippen molar-refractivity contribution in [3.8, 4) is 11.4 Å². The first-order valence-electron chi connectivity index (χ1n) is 11.2. The molecule has 12 heteroatoms. The largest absolute Gasteiger partial charge is 0.458 e. The van der Waals surface area contributed by atoms with E-state index in [1.54, 1.807) is 6.92 Å². The van der Waals surface area contributed by atoms with Gasteiger partial charge < -0.3 is 24.8 Å². The van der Waals surface area contributed by atoms with Gasteiger partial charge in [-0.05, 0) is 18.1 Å². The predicted molar refractivity (Wildman–Crippen MR) is 123 cm³/mol. The molecule has 2 aliphatic heterocycles. The maximum absolute atomic E-state index is 15.2. The number of aliphatic hydroxyl groups excluding tert-OH is 1. The number of hydrogen-bond acceptors (Lipinski definition) is 7. The number of nitrogens with zero attached hydrogens (tertiary/aromatic N) is 2. The SMILES string of the molecule is CC[C@@]1(O)C(=O)OCc2c1cc1n(c2=O)Cc2c-1nc1cc(F)c(Cl)c(F)c1c2CNC(=O)CCO. The number of esters is 1. The summed E-state index contributed by atoms with van der Waals surface area (Å²) in [4.78, 5) is 42.2. The van der Waals surface area contributed by atoms with Gasteiger partial charge in [-0.25, -0.2) is 18.6 Å². The van der Waals surface area contributed by atoms with Gasteiger partial charge in [0.2, 0.25) is 5.91 Å². The van der Waals surface area contributed by atoms with E-state index in [2.05, 4.69) is 10.3 Å². The molecule has 0 saturated heterocycles. The first kappa shape index (κ1) is 24.3. The number of ether oxygens (including phenoxy) is 1. The molecule has 5 rings (SSSR count). The molecule has 0 saturated carbocycles. The topological polar surface area (TPSA) is 131 Å². The molecule has 3 aromatic rings. The number of fused-ring (bicyclic) bond motifs is 5. The highest BCUT2D eigenvalue weighted by molar-refractivity contribution is 6.31. The van der Waals surface area contributed by atoms with Gasteiger partial charge in [-0.15, -0.1) is 0 Å². The van der Waals surface area contributed by atoms with Crippen molar-refractivity contribution in [2.45, 2.75) is 45.1 Å². The molecule has 9 nitrogen and oxygen atoms in total. The van der Waals surface area contributed by atoms with Crippen molar-refractivity contribution >= 4 is 34.4 Å². The highest BCUT2D eigenvalue weighted by atomic mass is 35.5. The monoisotopic (exact) mass is 519 g/mol. The Bertz CT molecular complexity index is 1540. The number of hydrogen-bond donors (Lipinski definition) is 3. The van der Waals surface area contributed by atoms with Crippen LogP contribution in [0.1, 0.15) is 42.0 Å². The minimum atomic E-state index is -2.03. The normalized spacial score (nSPS) is 18.0. The van der Waals surface area contributed by atoms with E-state index in [1.807, 2.05) is 0 Å². The van der Waals surface area contributed by atoms with Crippen LogP contribution in [0.3, 0.4) is 0 Å². The lowest BCUT2D eigenvalue weighted by Gasteiger charge is -2.31. The summed E-state index contributed by atoms with van der Waals surface area (Å²) in [6, 6.07) is 2.43. The summed E-state index contributed by atoms with van der Waals surface area (Å²) in [5.41, 5.74) is -1.36. The first-order valence-corrected chi connectivity index (χ1v) is 11.5. The van der Waals surface area contributed by atoms with Gasteiger partial charge >= 0.3 is 5.97 Å². The van der Waals surface area contributed by atoms with Gasteiger partial charge in [0.15, 0.2) is 11.4 Å². The number of pyridine rings is 2. The molecule has 0 unspecified atom stereocenters. The zero-order valence-corrected chi connectivity index (χ0v) is 19.7. The van der Waals surface area contributed by atoms with Crippen LogP contribution < -0.4 is 10.9 Å². The van der Waals surface area contributed by atoms with Gasteiger partial charge in [-0.3, -0.25) is 9.59 Å². The van der Waals surface area contributed by atoms with E-state index in [-0.39, 0.29) is 78.1 Å². The lowest BCUT2D eigenvalue weighted by Crippen LogP contribution is -2.44. The molecule has 4 heterocycles. The average Bonchev–Trinajstić information content (AvgIpc) is 3.22. The molecule has 1 aromatic carbocycles. The second kappa shape index (κ2) is 8.61. The number of benzene rings is 1. The number of carbonyl (C=O) groups is 2. The molecule has 0 spiro atoms. The van der Waals surface area contributed by atoms with Crippen LogP contribution >= 0.6 is 11.6 Å². The zero-order chi connectivity index (χ0) is 25.9. The van der Waals surface area contributed by atoms with Crippen LogP contribution in [0.5, 0.6) is 0 Å². The van der Waals surface area contributed by atoms with Gasteiger partial charge in [0.05, 0.1) is 35.6 Å². The summed E-state index contributed by atoms with van der Waals surface area (Å²) in [5.74, 6) is -3.47. The molecule has 0 fully saturated rings. The molecule has 1 amide bonds. The van der Waals surface area contributed by atoms with E-state index in [0.717, 1.165) is 6.07 Å². The molecule has 36 heavy (non-hydrogen) atoms. The van der Waals surface area contributed by atoms with Crippen LogP contribution in [0.2, 0.25) is 5.02 Å². The fourth-order valence-electron chi connectivity index (χ4n) is 4.80. The number of cyclic esters (lactones) is 1. The number of halogens is 3. The lowest BCUT2D eigenvalue weighted by molar-refractivity contribution is -0.172. The molecule has 0 radical (unpaired) electrons. The second-order valence-electron chi connectivity index (χ2n) is 8.65. The summed E-state index contributed by atoms with van der Waals surface area (Å²) in [7, 11) is 0. The van der Waals surface area contributed by atoms with E-state index in [1.165, 1.54) is 10.6 Å². The van der Waals surface area contributed by atoms with E-state index < -0.39 is 39.7 Å². The Kier molecular flexibility index (Phi) is 5.81. The maximum atomic E-state index is 15.2. The quantitative estimate of drug-likeness (QED) is 0.271. The number of nitrogens with one attached hydrogen (secondary N) is 1. The van der Waals surface area contributed by atoms with E-state index in [4.69, 9.17) is 21.4 Å². The Hall–Kier alpha value is -3.41. The van der Waals surface area contributed by atoms with Crippen LogP contribution in [0.15, 0.2) is 16.9 Å². The Morgan fingerprint density at radius 2 is 2.06 bits per heavy atom. The minimum absolute atomic E-state index is 0.0448. The van der Waals surface area contributed by atoms with Gasteiger partial charge in [0.25, 0.3) is 5.56 Å². The minimum Gasteiger partial charge on any atom is -0.458 e. The van der Waals surface area contributed by atoms with Crippen molar-refractivity contribution in [3.63, 3.8) is 0 Å². The second-order valence-corrected chi connectivity index (χ2v) is 9.03. The Balaban J connectivity index is 1.78. The average molecular weight is 520 g/mol. The van der Waals surface area contributed by atoms with Gasteiger partial charge in [0.1, 0.15) is 17.4 Å². The predicted octanol–water partition coefficient (Wildman–Crippen LogP) is 2.01. The summed E-state index contributed by atoms with van der Waals surface area (Å²) >= 11 is 5.83. The van der Waals surface area contributed by atoms with E-state index in [0.29, 0.717) is 5.56 Å². The molecule has 188 valence electrons. The summed E-state index contributed by atoms with van der Waals surface area (Å²) in [5, 5.41) is 21.8. The van der Waals surface area contributed by atoms with Crippen molar-refractivity contribution in [1.29, 1.82) is 0 Å². The standard InChI is InChI=1S/C24H20ClF2N3O6/c1-2-24(35)13-5-16-21-11(8-30(16)22(33)12(13)9-36-23(24)34)10(7-28-17(32)3-4-31)18-15(29-21)6-14(26)19(25)20(18)27/h5-6,31,35H,2-4,7-9H2,1H3,(H,28,32)/t24-/m0/s1. The zero-order valence-electron chi connectivity index (χ0n) is 19.0. The molecule has 0 bridgehead atoms. The van der Waals surface area contributed by atoms with Crippen molar-refractivity contribution in [3.05, 3.63) is 61.4 Å². The number of rotatable bonds is 5. The van der Waals surface area contributed by atoms with Gasteiger partial charge in [-0.2, -0.15) is 0 Å². The van der Waals surface area contributed by atoms with Crippen molar-refractivity contribution in [2.24, 2.45) is 0 Å². The Morgan fingerprint density at radius 3 is 2.75 bits per heavy atom. The smallest absolute Gasteiger partial charge is 0.343 e. The van der Waals surface area contributed by atoms with Gasteiger partial charge in [0, 0.05) is 35.5 Å². The lowest BCUT2D eigenvalue weighted by atomic mass is 9.86. The van der Waals surface area contributed by atoms with Gasteiger partial charge in [-0.1, -0.05) is 18.5 Å². The number of amides is 1. The molecule has 2 aliphatic rings. The highest BCUT2D eigenvalue weighted by Crippen LogP contribution is 2.41. The summed E-state index contributed by atoms with van der Waals surface area (Å²) < 4.78 is 35.9. The third kappa shape index (κ3) is 3.41. The van der Waals surface area contributed by atoms with Crippen LogP contribution in [-0.2, 0) is 39.6 Å². The van der Waals surface area contributed by atoms with Crippen LogP contribution in [0.25, 0.3) is 22.3 Å². The number of aliphatic hydroxyl groups is 2. The molecule has 1 atom stereocenters. The molecular formula is C24H20ClF2N3O6. The third-order valence-electron chi connectivity index (χ3n) is 6.73. The first-order chi connectivity index (χ1) is 17.1. The van der Waals surface area contributed by atoms with E-state index in [9.17, 15) is 23.9 Å². The van der Waals surface area contributed by atoms with Crippen LogP contribution in [0.4, 0.5) is 8.78 Å². The van der Waals surface area contributed by atoms with E-state index >= 15 is 4.39 Å². The van der Waals surface area contributed by atoms with Crippen LogP contribution in [-0.4, -0.2) is 38.2 Å². The number of carbonyl (C=O) groups excluding carboxylic acids is 2. The molecule has 3 N–H and O–H groups in total. The molecular weight excluding hydrogens is 500 g/mol. The molecule has 2 aromatic heterocycles. The summed E-state index contributed by atoms with van der Waals surface area (Å²) in [6.45, 7) is 0.601. The third-order valence-corrected chi connectivity index (χ3v) is 7.07. The van der Waals surface area contributed by atoms with Crippen molar-refractivity contribution in [2.75, 3.05) is 6.61 Å². The number of aromatic nitrogens is 2. The van der Waals surface area contributed by atoms with Crippen molar-refractivity contribution in [1.82, 2.24) is 14.9 Å². The fourth-order valence-corrected chi connectivity index (χ4v) is 4.95. The Morgan fingerprint density at radius 1 is 1.31 bits per heavy atom. The van der Waals surface area contributed by atoms with Crippen LogP contribution in [0, 0.1) is 11.6 Å².